The maximum atomic E-state index is 12.7. The van der Waals surface area contributed by atoms with E-state index in [1.54, 1.807) is 4.90 Å². The Hall–Kier alpha value is -1.98. The Kier molecular flexibility index (Phi) is 4.36. The molecule has 0 unspecified atom stereocenters. The summed E-state index contributed by atoms with van der Waals surface area (Å²) in [7, 11) is 4.01. The largest absolute Gasteiger partial charge is 0.453 e. The first-order chi connectivity index (χ1) is 10.7. The molecule has 0 bridgehead atoms. The van der Waals surface area contributed by atoms with Crippen LogP contribution in [-0.4, -0.2) is 36.5 Å². The molecule has 0 saturated carbocycles. The molecule has 0 aromatic heterocycles. The van der Waals surface area contributed by atoms with Crippen LogP contribution in [0.15, 0.2) is 48.5 Å². The smallest absolute Gasteiger partial charge is 0.290 e. The monoisotopic (exact) mass is 314 g/mol. The van der Waals surface area contributed by atoms with Crippen molar-refractivity contribution in [2.75, 3.05) is 31.3 Å². The van der Waals surface area contributed by atoms with Crippen molar-refractivity contribution in [2.24, 2.45) is 0 Å². The van der Waals surface area contributed by atoms with Gasteiger partial charge in [0, 0.05) is 12.3 Å². The molecule has 2 aromatic carbocycles. The van der Waals surface area contributed by atoms with E-state index in [9.17, 15) is 4.79 Å². The summed E-state index contributed by atoms with van der Waals surface area (Å²) in [4.78, 5) is 16.5. The molecular weight excluding hydrogens is 296 g/mol. The minimum atomic E-state index is 0.0186. The molecule has 1 heterocycles. The number of nitrogens with zero attached hydrogens (tertiary/aromatic N) is 2. The molecule has 2 aromatic rings. The van der Waals surface area contributed by atoms with Crippen molar-refractivity contribution < 1.29 is 9.53 Å². The van der Waals surface area contributed by atoms with Crippen LogP contribution < -0.4 is 9.64 Å². The van der Waals surface area contributed by atoms with Gasteiger partial charge in [-0.1, -0.05) is 36.0 Å². The molecule has 1 aliphatic heterocycles. The van der Waals surface area contributed by atoms with Crippen molar-refractivity contribution in [2.45, 2.75) is 0 Å². The third-order valence-corrected chi connectivity index (χ3v) is 4.20. The average molecular weight is 314 g/mol. The Morgan fingerprint density at radius 1 is 1.05 bits per heavy atom. The standard InChI is InChI=1S/C17H18N2O2S/c1-18(2)11-12-22-17(20)19-13-7-3-5-9-15(13)21-16-10-6-4-8-14(16)19/h3-10H,11-12H2,1-2H3. The van der Waals surface area contributed by atoms with Crippen molar-refractivity contribution in [1.29, 1.82) is 0 Å². The van der Waals surface area contributed by atoms with Crippen molar-refractivity contribution in [3.8, 4) is 11.5 Å². The third kappa shape index (κ3) is 2.96. The number of rotatable bonds is 3. The number of anilines is 2. The molecule has 1 aliphatic rings. The lowest BCUT2D eigenvalue weighted by atomic mass is 10.2. The molecule has 0 fully saturated rings. The van der Waals surface area contributed by atoms with Gasteiger partial charge in [0.2, 0.25) is 0 Å². The van der Waals surface area contributed by atoms with Crippen molar-refractivity contribution in [3.63, 3.8) is 0 Å². The number of carbonyl (C=O) groups excluding carboxylic acids is 1. The molecule has 4 nitrogen and oxygen atoms in total. The lowest BCUT2D eigenvalue weighted by Gasteiger charge is -2.30. The van der Waals surface area contributed by atoms with E-state index in [4.69, 9.17) is 4.74 Å². The maximum Gasteiger partial charge on any atom is 0.290 e. The Morgan fingerprint density at radius 3 is 2.14 bits per heavy atom. The van der Waals surface area contributed by atoms with E-state index in [0.29, 0.717) is 11.5 Å². The van der Waals surface area contributed by atoms with Crippen LogP contribution in [0, 0.1) is 0 Å². The maximum absolute atomic E-state index is 12.7. The number of fused-ring (bicyclic) bond motifs is 2. The van der Waals surface area contributed by atoms with E-state index in [2.05, 4.69) is 4.90 Å². The zero-order valence-electron chi connectivity index (χ0n) is 12.7. The zero-order valence-corrected chi connectivity index (χ0v) is 13.5. The zero-order chi connectivity index (χ0) is 15.5. The van der Waals surface area contributed by atoms with Gasteiger partial charge in [-0.25, -0.2) is 0 Å². The Labute approximate surface area is 134 Å². The van der Waals surface area contributed by atoms with E-state index < -0.39 is 0 Å². The first kappa shape index (κ1) is 14.9. The van der Waals surface area contributed by atoms with Gasteiger partial charge in [-0.3, -0.25) is 9.69 Å². The fourth-order valence-corrected chi connectivity index (χ4v) is 3.24. The lowest BCUT2D eigenvalue weighted by molar-refractivity contribution is 0.266. The summed E-state index contributed by atoms with van der Waals surface area (Å²) in [6, 6.07) is 15.3. The second kappa shape index (κ2) is 6.42. The molecule has 0 atom stereocenters. The van der Waals surface area contributed by atoms with Crippen LogP contribution in [0.1, 0.15) is 0 Å². The summed E-state index contributed by atoms with van der Waals surface area (Å²) in [5.74, 6) is 2.18. The molecule has 5 heteroatoms. The van der Waals surface area contributed by atoms with Crippen molar-refractivity contribution in [1.82, 2.24) is 4.90 Å². The van der Waals surface area contributed by atoms with Crippen LogP contribution in [-0.2, 0) is 0 Å². The van der Waals surface area contributed by atoms with Gasteiger partial charge in [-0.2, -0.15) is 0 Å². The van der Waals surface area contributed by atoms with Gasteiger partial charge in [0.25, 0.3) is 5.24 Å². The van der Waals surface area contributed by atoms with Gasteiger partial charge in [0.15, 0.2) is 11.5 Å². The van der Waals surface area contributed by atoms with Crippen molar-refractivity contribution >= 4 is 28.4 Å². The van der Waals surface area contributed by atoms with Crippen LogP contribution in [0.3, 0.4) is 0 Å². The van der Waals surface area contributed by atoms with E-state index >= 15 is 0 Å². The molecule has 22 heavy (non-hydrogen) atoms. The van der Waals surface area contributed by atoms with Gasteiger partial charge >= 0.3 is 0 Å². The number of para-hydroxylation sites is 4. The lowest BCUT2D eigenvalue weighted by Crippen LogP contribution is -2.26. The minimum absolute atomic E-state index is 0.0186. The fraction of sp³-hybridized carbons (Fsp3) is 0.235. The topological polar surface area (TPSA) is 32.8 Å². The van der Waals surface area contributed by atoms with E-state index in [0.717, 1.165) is 23.7 Å². The number of ether oxygens (including phenoxy) is 1. The number of carbonyl (C=O) groups is 1. The highest BCUT2D eigenvalue weighted by molar-refractivity contribution is 8.13. The Morgan fingerprint density at radius 2 is 1.59 bits per heavy atom. The van der Waals surface area contributed by atoms with Crippen LogP contribution >= 0.6 is 11.8 Å². The molecule has 0 radical (unpaired) electrons. The van der Waals surface area contributed by atoms with Crippen LogP contribution in [0.2, 0.25) is 0 Å². The molecule has 0 spiro atoms. The summed E-state index contributed by atoms with van der Waals surface area (Å²) < 4.78 is 5.89. The fourth-order valence-electron chi connectivity index (χ4n) is 2.28. The quantitative estimate of drug-likeness (QED) is 0.843. The summed E-state index contributed by atoms with van der Waals surface area (Å²) >= 11 is 1.33. The first-order valence-corrected chi connectivity index (χ1v) is 8.13. The van der Waals surface area contributed by atoms with Crippen molar-refractivity contribution in [3.05, 3.63) is 48.5 Å². The normalized spacial score (nSPS) is 12.6. The van der Waals surface area contributed by atoms with Crippen LogP contribution in [0.4, 0.5) is 16.2 Å². The van der Waals surface area contributed by atoms with Crippen LogP contribution in [0.5, 0.6) is 11.5 Å². The number of hydrogen-bond donors (Lipinski definition) is 0. The molecule has 114 valence electrons. The Bertz CT molecular complexity index is 642. The predicted molar refractivity (Wildman–Crippen MR) is 91.5 cm³/mol. The molecule has 1 amide bonds. The summed E-state index contributed by atoms with van der Waals surface area (Å²) in [6.07, 6.45) is 0. The van der Waals surface area contributed by atoms with Gasteiger partial charge in [0.05, 0.1) is 11.4 Å². The second-order valence-corrected chi connectivity index (χ2v) is 6.34. The number of hydrogen-bond acceptors (Lipinski definition) is 4. The summed E-state index contributed by atoms with van der Waals surface area (Å²) in [5, 5.41) is 0.0186. The van der Waals surface area contributed by atoms with Gasteiger partial charge in [0.1, 0.15) is 0 Å². The highest BCUT2D eigenvalue weighted by atomic mass is 32.2. The van der Waals surface area contributed by atoms with E-state index in [1.165, 1.54) is 11.8 Å². The third-order valence-electron chi connectivity index (χ3n) is 3.38. The number of benzene rings is 2. The minimum Gasteiger partial charge on any atom is -0.453 e. The summed E-state index contributed by atoms with van der Waals surface area (Å²) in [5.41, 5.74) is 1.59. The first-order valence-electron chi connectivity index (χ1n) is 7.14. The number of thioether (sulfide) groups is 1. The van der Waals surface area contributed by atoms with Gasteiger partial charge in [-0.05, 0) is 38.4 Å². The highest BCUT2D eigenvalue weighted by Gasteiger charge is 2.28. The van der Waals surface area contributed by atoms with Gasteiger partial charge in [-0.15, -0.1) is 0 Å². The van der Waals surface area contributed by atoms with E-state index in [1.807, 2.05) is 62.6 Å². The average Bonchev–Trinajstić information content (AvgIpc) is 2.52. The molecular formula is C17H18N2O2S. The second-order valence-electron chi connectivity index (χ2n) is 5.29. The van der Waals surface area contributed by atoms with Crippen LogP contribution in [0.25, 0.3) is 0 Å². The SMILES string of the molecule is CN(C)CCSC(=O)N1c2ccccc2Oc2ccccc21. The molecule has 0 N–H and O–H groups in total. The van der Waals surface area contributed by atoms with Gasteiger partial charge < -0.3 is 9.64 Å². The highest BCUT2D eigenvalue weighted by Crippen LogP contribution is 2.47. The molecule has 3 rings (SSSR count). The molecule has 0 aliphatic carbocycles. The molecule has 0 saturated heterocycles. The number of amides is 1. The summed E-state index contributed by atoms with van der Waals surface area (Å²) in [6.45, 7) is 0.865. The Balaban J connectivity index is 1.91. The predicted octanol–water partition coefficient (Wildman–Crippen LogP) is 4.35. The van der Waals surface area contributed by atoms with E-state index in [-0.39, 0.29) is 5.24 Å².